The van der Waals surface area contributed by atoms with E-state index in [1.165, 1.54) is 4.88 Å². The lowest BCUT2D eigenvalue weighted by molar-refractivity contribution is -0.884. The zero-order valence-corrected chi connectivity index (χ0v) is 14.2. The molecule has 2 N–H and O–H groups in total. The summed E-state index contributed by atoms with van der Waals surface area (Å²) in [4.78, 5) is 14.5. The van der Waals surface area contributed by atoms with E-state index in [4.69, 9.17) is 23.2 Å². The predicted molar refractivity (Wildman–Crippen MR) is 89.6 cm³/mol. The number of rotatable bonds is 5. The second-order valence-corrected chi connectivity index (χ2v) is 6.81. The van der Waals surface area contributed by atoms with Crippen molar-refractivity contribution in [1.82, 2.24) is 0 Å². The van der Waals surface area contributed by atoms with Crippen molar-refractivity contribution in [2.75, 3.05) is 18.9 Å². The fraction of sp³-hybridized carbons (Fsp3) is 0.267. The Morgan fingerprint density at radius 1 is 1.33 bits per heavy atom. The average molecular weight is 344 g/mol. The van der Waals surface area contributed by atoms with Gasteiger partial charge >= 0.3 is 0 Å². The van der Waals surface area contributed by atoms with Gasteiger partial charge in [0.15, 0.2) is 6.54 Å². The Bertz CT molecular complexity index is 629. The number of thiophene rings is 1. The summed E-state index contributed by atoms with van der Waals surface area (Å²) in [6.45, 7) is 3.06. The Kier molecular flexibility index (Phi) is 5.65. The van der Waals surface area contributed by atoms with Crippen LogP contribution in [-0.2, 0) is 11.3 Å². The number of nitrogens with one attached hydrogen (secondary N) is 2. The Morgan fingerprint density at radius 3 is 2.76 bits per heavy atom. The third-order valence-electron chi connectivity index (χ3n) is 3.07. The highest BCUT2D eigenvalue weighted by Gasteiger charge is 2.15. The first-order valence-corrected chi connectivity index (χ1v) is 8.19. The molecule has 112 valence electrons. The maximum atomic E-state index is 12.1. The molecule has 6 heteroatoms. The van der Waals surface area contributed by atoms with Crippen molar-refractivity contribution >= 4 is 46.1 Å². The lowest BCUT2D eigenvalue weighted by Gasteiger charge is -2.14. The number of amides is 1. The number of hydrogen-bond donors (Lipinski definition) is 2. The Hall–Kier alpha value is -1.07. The average Bonchev–Trinajstić information content (AvgIpc) is 2.92. The van der Waals surface area contributed by atoms with Gasteiger partial charge in [0.1, 0.15) is 6.54 Å². The number of carbonyl (C=O) groups excluding carboxylic acids is 1. The maximum Gasteiger partial charge on any atom is 0.279 e. The van der Waals surface area contributed by atoms with E-state index in [0.29, 0.717) is 22.3 Å². The van der Waals surface area contributed by atoms with Gasteiger partial charge in [-0.3, -0.25) is 4.79 Å². The number of quaternary nitrogens is 1. The number of likely N-dealkylation sites (N-methyl/N-ethyl adjacent to an activating group) is 1. The van der Waals surface area contributed by atoms with E-state index in [2.05, 4.69) is 11.4 Å². The summed E-state index contributed by atoms with van der Waals surface area (Å²) >= 11 is 14.0. The molecule has 1 aromatic carbocycles. The van der Waals surface area contributed by atoms with E-state index in [9.17, 15) is 4.79 Å². The molecular formula is C15H17Cl2N2OS+. The highest BCUT2D eigenvalue weighted by molar-refractivity contribution is 7.09. The van der Waals surface area contributed by atoms with Gasteiger partial charge in [0.2, 0.25) is 0 Å². The highest BCUT2D eigenvalue weighted by Crippen LogP contribution is 2.32. The van der Waals surface area contributed by atoms with E-state index < -0.39 is 0 Å². The largest absolute Gasteiger partial charge is 0.325 e. The van der Waals surface area contributed by atoms with Crippen LogP contribution < -0.4 is 10.2 Å². The molecule has 1 unspecified atom stereocenters. The minimum Gasteiger partial charge on any atom is -0.325 e. The van der Waals surface area contributed by atoms with Crippen LogP contribution in [-0.4, -0.2) is 19.5 Å². The van der Waals surface area contributed by atoms with E-state index in [1.807, 2.05) is 31.5 Å². The Balaban J connectivity index is 1.97. The van der Waals surface area contributed by atoms with Crippen LogP contribution in [0, 0.1) is 6.92 Å². The zero-order chi connectivity index (χ0) is 15.4. The van der Waals surface area contributed by atoms with Crippen molar-refractivity contribution in [3.63, 3.8) is 0 Å². The molecule has 2 aromatic rings. The van der Waals surface area contributed by atoms with Gasteiger partial charge in [-0.05, 0) is 30.0 Å². The van der Waals surface area contributed by atoms with E-state index in [1.54, 1.807) is 17.4 Å². The molecule has 1 aromatic heterocycles. The predicted octanol–water partition coefficient (Wildman–Crippen LogP) is 3.02. The Morgan fingerprint density at radius 2 is 2.10 bits per heavy atom. The van der Waals surface area contributed by atoms with Crippen LogP contribution in [0.1, 0.15) is 10.4 Å². The topological polar surface area (TPSA) is 33.5 Å². The number of hydrogen-bond acceptors (Lipinski definition) is 2. The molecule has 21 heavy (non-hydrogen) atoms. The minimum absolute atomic E-state index is 0.0987. The summed E-state index contributed by atoms with van der Waals surface area (Å²) in [5, 5.41) is 5.79. The number of benzene rings is 1. The van der Waals surface area contributed by atoms with Crippen molar-refractivity contribution in [3.8, 4) is 0 Å². The smallest absolute Gasteiger partial charge is 0.279 e. The van der Waals surface area contributed by atoms with Crippen LogP contribution in [0.25, 0.3) is 0 Å². The van der Waals surface area contributed by atoms with Crippen LogP contribution in [0.5, 0.6) is 0 Å². The van der Waals surface area contributed by atoms with Crippen LogP contribution in [0.4, 0.5) is 5.69 Å². The zero-order valence-electron chi connectivity index (χ0n) is 11.9. The summed E-state index contributed by atoms with van der Waals surface area (Å²) in [6.07, 6.45) is 0. The molecule has 0 aliphatic rings. The van der Waals surface area contributed by atoms with Crippen molar-refractivity contribution < 1.29 is 9.69 Å². The van der Waals surface area contributed by atoms with Crippen molar-refractivity contribution in [3.05, 3.63) is 50.1 Å². The van der Waals surface area contributed by atoms with Gasteiger partial charge in [-0.15, -0.1) is 11.3 Å². The molecule has 0 aliphatic carbocycles. The second kappa shape index (κ2) is 7.27. The first-order chi connectivity index (χ1) is 9.97. The summed E-state index contributed by atoms with van der Waals surface area (Å²) in [7, 11) is 1.98. The molecule has 3 nitrogen and oxygen atoms in total. The number of halogens is 2. The fourth-order valence-corrected chi connectivity index (χ4v) is 3.29. The first-order valence-electron chi connectivity index (χ1n) is 6.55. The lowest BCUT2D eigenvalue weighted by Crippen LogP contribution is -3.08. The van der Waals surface area contributed by atoms with Crippen LogP contribution in [0.2, 0.25) is 10.0 Å². The number of aryl methyl sites for hydroxylation is 1. The normalized spacial score (nSPS) is 12.2. The van der Waals surface area contributed by atoms with Gasteiger partial charge in [-0.25, -0.2) is 0 Å². The summed E-state index contributed by atoms with van der Waals surface area (Å²) in [5.74, 6) is -0.0987. The summed E-state index contributed by atoms with van der Waals surface area (Å²) < 4.78 is 0. The highest BCUT2D eigenvalue weighted by atomic mass is 35.5. The maximum absolute atomic E-state index is 12.1. The molecule has 0 bridgehead atoms. The van der Waals surface area contributed by atoms with Gasteiger partial charge < -0.3 is 10.2 Å². The lowest BCUT2D eigenvalue weighted by atomic mass is 10.2. The van der Waals surface area contributed by atoms with Gasteiger partial charge in [0.05, 0.1) is 27.7 Å². The van der Waals surface area contributed by atoms with Gasteiger partial charge in [-0.2, -0.15) is 0 Å². The quantitative estimate of drug-likeness (QED) is 0.859. The van der Waals surface area contributed by atoms with E-state index in [0.717, 1.165) is 17.0 Å². The Labute approximate surface area is 138 Å². The molecule has 1 heterocycles. The van der Waals surface area contributed by atoms with E-state index >= 15 is 0 Å². The third kappa shape index (κ3) is 4.45. The number of anilines is 1. The molecule has 0 saturated carbocycles. The first kappa shape index (κ1) is 16.3. The van der Waals surface area contributed by atoms with Crippen LogP contribution in [0.15, 0.2) is 29.6 Å². The van der Waals surface area contributed by atoms with Crippen LogP contribution in [0.3, 0.4) is 0 Å². The standard InChI is InChI=1S/C15H16Cl2N2OS/c1-10-5-6-12(16)15(14(10)17)18-13(20)9-19(2)8-11-4-3-7-21-11/h3-7H,8-9H2,1-2H3,(H,18,20)/p+1. The molecule has 0 fully saturated rings. The molecule has 0 aliphatic heterocycles. The molecular weight excluding hydrogens is 327 g/mol. The molecule has 0 radical (unpaired) electrons. The van der Waals surface area contributed by atoms with Gasteiger partial charge in [-0.1, -0.05) is 35.3 Å². The molecule has 2 rings (SSSR count). The summed E-state index contributed by atoms with van der Waals surface area (Å²) in [5.41, 5.74) is 1.38. The number of carbonyl (C=O) groups is 1. The van der Waals surface area contributed by atoms with Crippen molar-refractivity contribution in [2.24, 2.45) is 0 Å². The molecule has 1 amide bonds. The van der Waals surface area contributed by atoms with E-state index in [-0.39, 0.29) is 5.91 Å². The monoisotopic (exact) mass is 343 g/mol. The van der Waals surface area contributed by atoms with Crippen molar-refractivity contribution in [1.29, 1.82) is 0 Å². The second-order valence-electron chi connectivity index (χ2n) is 4.99. The van der Waals surface area contributed by atoms with Gasteiger partial charge in [0.25, 0.3) is 5.91 Å². The van der Waals surface area contributed by atoms with Gasteiger partial charge in [0, 0.05) is 0 Å². The SMILES string of the molecule is Cc1ccc(Cl)c(NC(=O)C[NH+](C)Cc2cccs2)c1Cl. The molecule has 0 spiro atoms. The molecule has 1 atom stereocenters. The van der Waals surface area contributed by atoms with Crippen LogP contribution >= 0.6 is 34.5 Å². The third-order valence-corrected chi connectivity index (χ3v) is 4.75. The van der Waals surface area contributed by atoms with Crippen molar-refractivity contribution in [2.45, 2.75) is 13.5 Å². The summed E-state index contributed by atoms with van der Waals surface area (Å²) in [6, 6.07) is 7.65. The minimum atomic E-state index is -0.0987. The fourth-order valence-electron chi connectivity index (χ4n) is 2.00. The molecule has 0 saturated heterocycles.